The van der Waals surface area contributed by atoms with Gasteiger partial charge in [-0.3, -0.25) is 0 Å². The monoisotopic (exact) mass is 979 g/mol. The van der Waals surface area contributed by atoms with E-state index >= 15 is 0 Å². The van der Waals surface area contributed by atoms with Crippen LogP contribution in [-0.4, -0.2) is 19.9 Å². The Labute approximate surface area is 376 Å². The van der Waals surface area contributed by atoms with Crippen LogP contribution in [0.15, 0.2) is 193 Å². The second-order valence-electron chi connectivity index (χ2n) is 15.5. The molecule has 0 amide bonds. The molecule has 11 rings (SSSR count). The Morgan fingerprint density at radius 1 is 0.468 bits per heavy atom. The molecule has 0 N–H and O–H groups in total. The number of aromatic nitrogens is 4. The van der Waals surface area contributed by atoms with Crippen LogP contribution in [0.25, 0.3) is 89.5 Å². The van der Waals surface area contributed by atoms with E-state index in [4.69, 9.17) is 14.4 Å². The quantitative estimate of drug-likeness (QED) is 0.149. The van der Waals surface area contributed by atoms with Crippen LogP contribution in [-0.2, 0) is 20.1 Å². The largest absolute Gasteiger partial charge is 0.501 e. The van der Waals surface area contributed by atoms with Gasteiger partial charge in [-0.25, -0.2) is 9.97 Å². The summed E-state index contributed by atoms with van der Waals surface area (Å²) in [6.45, 7) is 0. The molecule has 0 bridgehead atoms. The molecule has 0 saturated heterocycles. The van der Waals surface area contributed by atoms with Crippen LogP contribution in [0.3, 0.4) is 0 Å². The second kappa shape index (κ2) is 18.8. The topological polar surface area (TPSA) is 64.7 Å². The molecule has 0 atom stereocenters. The van der Waals surface area contributed by atoms with Crippen molar-refractivity contribution in [3.8, 4) is 67.5 Å². The molecule has 1 saturated carbocycles. The Morgan fingerprint density at radius 3 is 1.92 bits per heavy atom. The van der Waals surface area contributed by atoms with Gasteiger partial charge < -0.3 is 14.4 Å². The third kappa shape index (κ3) is 8.80. The maximum absolute atomic E-state index is 6.42. The Balaban J connectivity index is 0.000000170. The minimum Gasteiger partial charge on any atom is -0.501 e. The first-order chi connectivity index (χ1) is 30.2. The molecule has 5 nitrogen and oxygen atoms in total. The van der Waals surface area contributed by atoms with Gasteiger partial charge in [-0.2, -0.15) is 0 Å². The van der Waals surface area contributed by atoms with Crippen molar-refractivity contribution >= 4 is 21.9 Å². The Morgan fingerprint density at radius 2 is 1.18 bits per heavy atom. The van der Waals surface area contributed by atoms with Crippen LogP contribution < -0.4 is 0 Å². The van der Waals surface area contributed by atoms with E-state index in [9.17, 15) is 0 Å². The first-order valence-electron chi connectivity index (χ1n) is 21.1. The summed E-state index contributed by atoms with van der Waals surface area (Å²) < 4.78 is 6.42. The number of benzene rings is 6. The third-order valence-electron chi connectivity index (χ3n) is 11.5. The summed E-state index contributed by atoms with van der Waals surface area (Å²) >= 11 is 0. The number of rotatable bonds is 7. The number of nitrogens with zero attached hydrogens (tertiary/aromatic N) is 4. The summed E-state index contributed by atoms with van der Waals surface area (Å²) in [6.07, 6.45) is 10.5. The maximum Gasteiger partial charge on any atom is 0.160 e. The molecule has 1 aliphatic rings. The zero-order chi connectivity index (χ0) is 40.8. The average molecular weight is 979 g/mol. The summed E-state index contributed by atoms with van der Waals surface area (Å²) in [7, 11) is 0. The summed E-state index contributed by atoms with van der Waals surface area (Å²) in [5, 5.41) is 2.09. The molecule has 1 aliphatic carbocycles. The molecule has 4 heterocycles. The molecule has 1 fully saturated rings. The molecular formula is C56H42IrN4O-2. The second-order valence-corrected chi connectivity index (χ2v) is 15.5. The van der Waals surface area contributed by atoms with Crippen molar-refractivity contribution in [3.63, 3.8) is 0 Å². The third-order valence-corrected chi connectivity index (χ3v) is 11.5. The molecule has 6 heteroatoms. The predicted octanol–water partition coefficient (Wildman–Crippen LogP) is 14.5. The van der Waals surface area contributed by atoms with Crippen molar-refractivity contribution in [1.82, 2.24) is 19.9 Å². The summed E-state index contributed by atoms with van der Waals surface area (Å²) in [4.78, 5) is 18.9. The van der Waals surface area contributed by atoms with Crippen LogP contribution in [0.1, 0.15) is 43.6 Å². The molecular weight excluding hydrogens is 937 g/mol. The number of furan rings is 1. The zero-order valence-corrected chi connectivity index (χ0v) is 36.4. The number of hydrogen-bond acceptors (Lipinski definition) is 5. The fraction of sp³-hybridized carbons (Fsp3) is 0.107. The predicted molar refractivity (Wildman–Crippen MR) is 247 cm³/mol. The average Bonchev–Trinajstić information content (AvgIpc) is 3.74. The zero-order valence-electron chi connectivity index (χ0n) is 34.0. The normalized spacial score (nSPS) is 12.6. The van der Waals surface area contributed by atoms with Gasteiger partial charge in [-0.15, -0.1) is 54.1 Å². The number of fused-ring (bicyclic) bond motifs is 3. The first kappa shape index (κ1) is 40.5. The van der Waals surface area contributed by atoms with E-state index in [1.807, 2.05) is 109 Å². The molecule has 10 aromatic rings. The minimum absolute atomic E-state index is 0. The molecule has 6 aromatic carbocycles. The van der Waals surface area contributed by atoms with Crippen LogP contribution in [0.2, 0.25) is 0 Å². The van der Waals surface area contributed by atoms with Gasteiger partial charge in [0.25, 0.3) is 0 Å². The Hall–Kier alpha value is -6.85. The van der Waals surface area contributed by atoms with E-state index in [0.717, 1.165) is 78.4 Å². The fourth-order valence-electron chi connectivity index (χ4n) is 8.36. The number of hydrogen-bond donors (Lipinski definition) is 0. The molecule has 1 radical (unpaired) electrons. The standard InChI is InChI=1S/C33H20N3O.C23H22N.Ir/c1-3-10-22(11-4-1)29-21-30(36-33(35-29)23-12-5-2-6-13-23)24-17-18-25-26-14-9-15-27(28-16-7-8-19-34-28)32(26)37-31(25)20-24;1-3-7-18(8-4-1)19-11-13-20(14-12-19)22-15-16-24-23(17-22)21-9-5-2-6-10-21;/h1-14,16-21H;2,5-6,9,11-18H,1,3-4,7-8H2;/q2*-1;. The summed E-state index contributed by atoms with van der Waals surface area (Å²) in [6, 6.07) is 66.3. The summed E-state index contributed by atoms with van der Waals surface area (Å²) in [5.41, 5.74) is 14.0. The van der Waals surface area contributed by atoms with Gasteiger partial charge in [0.05, 0.1) is 17.0 Å². The van der Waals surface area contributed by atoms with Gasteiger partial charge in [-0.1, -0.05) is 145 Å². The molecule has 0 aliphatic heterocycles. The van der Waals surface area contributed by atoms with Gasteiger partial charge in [0, 0.05) is 54.6 Å². The van der Waals surface area contributed by atoms with Crippen molar-refractivity contribution in [2.24, 2.45) is 0 Å². The van der Waals surface area contributed by atoms with Crippen molar-refractivity contribution in [2.45, 2.75) is 38.0 Å². The summed E-state index contributed by atoms with van der Waals surface area (Å²) in [5.74, 6) is 1.45. The van der Waals surface area contributed by atoms with Crippen LogP contribution in [0.4, 0.5) is 0 Å². The molecule has 0 spiro atoms. The van der Waals surface area contributed by atoms with Crippen molar-refractivity contribution < 1.29 is 24.5 Å². The van der Waals surface area contributed by atoms with E-state index in [-0.39, 0.29) is 20.1 Å². The van der Waals surface area contributed by atoms with Crippen LogP contribution in [0.5, 0.6) is 0 Å². The van der Waals surface area contributed by atoms with Crippen LogP contribution >= 0.6 is 0 Å². The Bertz CT molecular complexity index is 2980. The maximum atomic E-state index is 6.42. The molecule has 0 unspecified atom stereocenters. The van der Waals surface area contributed by atoms with E-state index in [1.165, 1.54) is 48.8 Å². The fourth-order valence-corrected chi connectivity index (χ4v) is 8.36. The van der Waals surface area contributed by atoms with Crippen molar-refractivity contribution in [2.75, 3.05) is 0 Å². The molecule has 4 aromatic heterocycles. The van der Waals surface area contributed by atoms with Crippen LogP contribution in [0, 0.1) is 12.1 Å². The van der Waals surface area contributed by atoms with Crippen molar-refractivity contribution in [3.05, 3.63) is 206 Å². The van der Waals surface area contributed by atoms with E-state index in [1.54, 1.807) is 6.20 Å². The van der Waals surface area contributed by atoms with Gasteiger partial charge in [0.2, 0.25) is 0 Å². The molecule has 62 heavy (non-hydrogen) atoms. The van der Waals surface area contributed by atoms with Gasteiger partial charge in [0.15, 0.2) is 5.82 Å². The first-order valence-corrected chi connectivity index (χ1v) is 21.1. The Kier molecular flexibility index (Phi) is 12.3. The van der Waals surface area contributed by atoms with Crippen molar-refractivity contribution in [1.29, 1.82) is 0 Å². The minimum atomic E-state index is 0. The van der Waals surface area contributed by atoms with Gasteiger partial charge >= 0.3 is 0 Å². The molecule has 303 valence electrons. The number of pyridine rings is 2. The van der Waals surface area contributed by atoms with E-state index in [2.05, 4.69) is 94.9 Å². The van der Waals surface area contributed by atoms with E-state index in [0.29, 0.717) is 5.82 Å². The smallest absolute Gasteiger partial charge is 0.160 e. The van der Waals surface area contributed by atoms with E-state index < -0.39 is 0 Å². The van der Waals surface area contributed by atoms with Gasteiger partial charge in [0.1, 0.15) is 5.58 Å². The SMILES string of the molecule is [Ir].[c-]1ccc2c(oc3cc(-c4cc(-c5ccccc5)nc(-c5ccccc5)n4)ccc32)c1-c1ccccn1.[c-]1ccccc1-c1cc(-c2ccc(C3CCCCC3)cc2)ccn1. The van der Waals surface area contributed by atoms with Gasteiger partial charge in [-0.05, 0) is 71.1 Å².